The van der Waals surface area contributed by atoms with Crippen LogP contribution in [0.25, 0.3) is 16.8 Å². The van der Waals surface area contributed by atoms with Gasteiger partial charge in [-0.3, -0.25) is 0 Å². The highest BCUT2D eigenvalue weighted by Crippen LogP contribution is 2.32. The summed E-state index contributed by atoms with van der Waals surface area (Å²) < 4.78 is 1.84. The van der Waals surface area contributed by atoms with Gasteiger partial charge in [0.25, 0.3) is 0 Å². The lowest BCUT2D eigenvalue weighted by molar-refractivity contribution is 0.638. The molecule has 24 heavy (non-hydrogen) atoms. The van der Waals surface area contributed by atoms with Crippen molar-refractivity contribution in [2.45, 2.75) is 33.7 Å². The number of hydrogen-bond acceptors (Lipinski definition) is 3. The van der Waals surface area contributed by atoms with Crippen molar-refractivity contribution in [2.75, 3.05) is 6.54 Å². The summed E-state index contributed by atoms with van der Waals surface area (Å²) >= 11 is 0. The fourth-order valence-corrected chi connectivity index (χ4v) is 3.64. The van der Waals surface area contributed by atoms with Crippen LogP contribution in [0.1, 0.15) is 27.9 Å². The Balaban J connectivity index is 1.83. The summed E-state index contributed by atoms with van der Waals surface area (Å²) in [4.78, 5) is 0. The van der Waals surface area contributed by atoms with Crippen LogP contribution in [0.5, 0.6) is 0 Å². The lowest BCUT2D eigenvalue weighted by Gasteiger charge is -2.24. The van der Waals surface area contributed by atoms with Gasteiger partial charge in [-0.15, -0.1) is 5.10 Å². The Bertz CT molecular complexity index is 908. The minimum atomic E-state index is 0.925. The number of rotatable bonds is 2. The lowest BCUT2D eigenvalue weighted by Crippen LogP contribution is -2.25. The molecule has 0 fully saturated rings. The van der Waals surface area contributed by atoms with Gasteiger partial charge in [-0.2, -0.15) is 0 Å². The molecule has 4 nitrogen and oxygen atoms in total. The maximum atomic E-state index is 4.19. The van der Waals surface area contributed by atoms with E-state index in [1.807, 2.05) is 17.8 Å². The third-order valence-corrected chi connectivity index (χ3v) is 4.94. The summed E-state index contributed by atoms with van der Waals surface area (Å²) in [5.41, 5.74) is 10.3. The smallest absolute Gasteiger partial charge is 0.0800 e. The topological polar surface area (TPSA) is 42.7 Å². The van der Waals surface area contributed by atoms with E-state index in [1.165, 1.54) is 33.4 Å². The van der Waals surface area contributed by atoms with Crippen molar-refractivity contribution >= 4 is 0 Å². The van der Waals surface area contributed by atoms with Crippen LogP contribution in [-0.2, 0) is 13.0 Å². The predicted octanol–water partition coefficient (Wildman–Crippen LogP) is 3.51. The molecule has 0 atom stereocenters. The van der Waals surface area contributed by atoms with Crippen LogP contribution in [0.4, 0.5) is 0 Å². The van der Waals surface area contributed by atoms with Crippen molar-refractivity contribution < 1.29 is 0 Å². The van der Waals surface area contributed by atoms with Crippen molar-refractivity contribution in [1.82, 2.24) is 20.3 Å². The van der Waals surface area contributed by atoms with Gasteiger partial charge in [0.1, 0.15) is 0 Å². The molecular formula is C20H22N4. The molecule has 2 heterocycles. The molecule has 1 aliphatic heterocycles. The summed E-state index contributed by atoms with van der Waals surface area (Å²) in [5, 5.41) is 11.8. The van der Waals surface area contributed by atoms with Crippen LogP contribution in [0, 0.1) is 20.8 Å². The van der Waals surface area contributed by atoms with E-state index in [-0.39, 0.29) is 0 Å². The summed E-state index contributed by atoms with van der Waals surface area (Å²) in [6.07, 6.45) is 3.06. The second kappa shape index (κ2) is 5.87. The second-order valence-electron chi connectivity index (χ2n) is 6.60. The molecule has 0 aliphatic carbocycles. The molecule has 0 radical (unpaired) electrons. The molecule has 0 unspecified atom stereocenters. The minimum absolute atomic E-state index is 0.925. The van der Waals surface area contributed by atoms with Gasteiger partial charge in [0.2, 0.25) is 0 Å². The first kappa shape index (κ1) is 15.1. The molecule has 0 bridgehead atoms. The average molecular weight is 318 g/mol. The molecule has 4 heteroatoms. The van der Waals surface area contributed by atoms with Crippen molar-refractivity contribution in [3.05, 3.63) is 64.5 Å². The van der Waals surface area contributed by atoms with E-state index in [2.05, 4.69) is 59.8 Å². The summed E-state index contributed by atoms with van der Waals surface area (Å²) in [6, 6.07) is 10.9. The molecule has 122 valence electrons. The molecule has 1 aliphatic rings. The van der Waals surface area contributed by atoms with Crippen molar-refractivity contribution in [1.29, 1.82) is 0 Å². The second-order valence-corrected chi connectivity index (χ2v) is 6.60. The Morgan fingerprint density at radius 1 is 1.08 bits per heavy atom. The van der Waals surface area contributed by atoms with E-state index >= 15 is 0 Å². The Morgan fingerprint density at radius 3 is 2.75 bits per heavy atom. The third kappa shape index (κ3) is 2.53. The molecule has 1 N–H and O–H groups in total. The van der Waals surface area contributed by atoms with E-state index in [9.17, 15) is 0 Å². The largest absolute Gasteiger partial charge is 0.312 e. The minimum Gasteiger partial charge on any atom is -0.312 e. The van der Waals surface area contributed by atoms with Crippen LogP contribution in [-0.4, -0.2) is 21.5 Å². The molecule has 0 saturated carbocycles. The highest BCUT2D eigenvalue weighted by Gasteiger charge is 2.17. The molecular weight excluding hydrogens is 296 g/mol. The highest BCUT2D eigenvalue weighted by molar-refractivity contribution is 5.72. The SMILES string of the molecule is Cc1cn(-c2cccc(-c3cc(C)c4c(c3C)CCNC4)c2)nn1. The first-order chi connectivity index (χ1) is 11.6. The highest BCUT2D eigenvalue weighted by atomic mass is 15.4. The molecule has 4 rings (SSSR count). The fourth-order valence-electron chi connectivity index (χ4n) is 3.64. The van der Waals surface area contributed by atoms with E-state index in [0.29, 0.717) is 0 Å². The number of nitrogens with one attached hydrogen (secondary N) is 1. The summed E-state index contributed by atoms with van der Waals surface area (Å²) in [5.74, 6) is 0. The Morgan fingerprint density at radius 2 is 1.96 bits per heavy atom. The van der Waals surface area contributed by atoms with Crippen LogP contribution < -0.4 is 5.32 Å². The van der Waals surface area contributed by atoms with Crippen LogP contribution >= 0.6 is 0 Å². The standard InChI is InChI=1S/C20H22N4/c1-13-9-19(15(3)18-7-8-21-11-20(13)18)16-5-4-6-17(10-16)24-12-14(2)22-23-24/h4-6,9-10,12,21H,7-8,11H2,1-3H3. The Hall–Kier alpha value is -2.46. The van der Waals surface area contributed by atoms with Gasteiger partial charge in [0.15, 0.2) is 0 Å². The Kier molecular flexibility index (Phi) is 3.69. The van der Waals surface area contributed by atoms with Crippen LogP contribution in [0.3, 0.4) is 0 Å². The Labute approximate surface area is 142 Å². The molecule has 3 aromatic rings. The number of fused-ring (bicyclic) bond motifs is 1. The van der Waals surface area contributed by atoms with Gasteiger partial charge < -0.3 is 5.32 Å². The fraction of sp³-hybridized carbons (Fsp3) is 0.300. The first-order valence-electron chi connectivity index (χ1n) is 8.46. The zero-order valence-electron chi connectivity index (χ0n) is 14.4. The van der Waals surface area contributed by atoms with Crippen molar-refractivity contribution in [3.8, 4) is 16.8 Å². The number of nitrogens with zero attached hydrogens (tertiary/aromatic N) is 3. The van der Waals surface area contributed by atoms with E-state index in [1.54, 1.807) is 0 Å². The van der Waals surface area contributed by atoms with Gasteiger partial charge in [-0.1, -0.05) is 23.4 Å². The molecule has 1 aromatic heterocycles. The van der Waals surface area contributed by atoms with Gasteiger partial charge in [0.05, 0.1) is 17.6 Å². The molecule has 2 aromatic carbocycles. The predicted molar refractivity (Wildman–Crippen MR) is 96.4 cm³/mol. The van der Waals surface area contributed by atoms with Crippen LogP contribution in [0.2, 0.25) is 0 Å². The van der Waals surface area contributed by atoms with E-state index < -0.39 is 0 Å². The van der Waals surface area contributed by atoms with Crippen molar-refractivity contribution in [2.24, 2.45) is 0 Å². The maximum absolute atomic E-state index is 4.19. The zero-order chi connectivity index (χ0) is 16.7. The number of hydrogen-bond donors (Lipinski definition) is 1. The van der Waals surface area contributed by atoms with Gasteiger partial charge in [-0.25, -0.2) is 4.68 Å². The summed E-state index contributed by atoms with van der Waals surface area (Å²) in [7, 11) is 0. The van der Waals surface area contributed by atoms with Gasteiger partial charge >= 0.3 is 0 Å². The van der Waals surface area contributed by atoms with Crippen molar-refractivity contribution in [3.63, 3.8) is 0 Å². The van der Waals surface area contributed by atoms with Gasteiger partial charge in [-0.05, 0) is 79.3 Å². The van der Waals surface area contributed by atoms with Gasteiger partial charge in [0, 0.05) is 6.54 Å². The summed E-state index contributed by atoms with van der Waals surface area (Å²) in [6.45, 7) is 8.48. The van der Waals surface area contributed by atoms with E-state index in [0.717, 1.165) is 30.9 Å². The average Bonchev–Trinajstić information content (AvgIpc) is 3.05. The molecule has 0 amide bonds. The normalized spacial score (nSPS) is 13.8. The monoisotopic (exact) mass is 318 g/mol. The number of aryl methyl sites for hydroxylation is 2. The zero-order valence-corrected chi connectivity index (χ0v) is 14.4. The maximum Gasteiger partial charge on any atom is 0.0800 e. The lowest BCUT2D eigenvalue weighted by atomic mass is 9.86. The molecule has 0 spiro atoms. The molecule has 0 saturated heterocycles. The quantitative estimate of drug-likeness (QED) is 0.786. The van der Waals surface area contributed by atoms with Crippen LogP contribution in [0.15, 0.2) is 36.5 Å². The third-order valence-electron chi connectivity index (χ3n) is 4.94. The number of benzene rings is 2. The van der Waals surface area contributed by atoms with E-state index in [4.69, 9.17) is 0 Å². The number of aromatic nitrogens is 3. The first-order valence-corrected chi connectivity index (χ1v) is 8.46.